The minimum Gasteiger partial charge on any atom is -0.383 e. The molecule has 0 saturated carbocycles. The van der Waals surface area contributed by atoms with Gasteiger partial charge >= 0.3 is 0 Å². The maximum atomic E-state index is 12.0. The van der Waals surface area contributed by atoms with Crippen molar-refractivity contribution in [1.29, 1.82) is 0 Å². The Labute approximate surface area is 126 Å². The number of hydrogen-bond acceptors (Lipinski definition) is 4. The van der Waals surface area contributed by atoms with Crippen molar-refractivity contribution < 1.29 is 17.9 Å². The number of aryl methyl sites for hydroxylation is 2. The van der Waals surface area contributed by atoms with Gasteiger partial charge in [-0.3, -0.25) is 9.10 Å². The first-order valence-corrected chi connectivity index (χ1v) is 8.41. The zero-order valence-corrected chi connectivity index (χ0v) is 13.7. The fourth-order valence-corrected chi connectivity index (χ4v) is 2.86. The van der Waals surface area contributed by atoms with Crippen LogP contribution in [0.1, 0.15) is 11.1 Å². The summed E-state index contributed by atoms with van der Waals surface area (Å²) in [6.45, 7) is 4.24. The summed E-state index contributed by atoms with van der Waals surface area (Å²) in [6, 6.07) is 5.42. The van der Waals surface area contributed by atoms with Crippen LogP contribution in [0.2, 0.25) is 0 Å². The molecule has 118 valence electrons. The normalized spacial score (nSPS) is 11.2. The van der Waals surface area contributed by atoms with Crippen molar-refractivity contribution in [3.63, 3.8) is 0 Å². The predicted octanol–water partition coefficient (Wildman–Crippen LogP) is 0.832. The molecule has 21 heavy (non-hydrogen) atoms. The van der Waals surface area contributed by atoms with Crippen molar-refractivity contribution in [2.24, 2.45) is 0 Å². The van der Waals surface area contributed by atoms with E-state index in [0.717, 1.165) is 21.7 Å². The van der Waals surface area contributed by atoms with E-state index in [0.29, 0.717) is 18.8 Å². The SMILES string of the molecule is COCCNC(=O)CN(c1ccc(C)cc1C)S(C)(=O)=O. The third-order valence-electron chi connectivity index (χ3n) is 2.94. The van der Waals surface area contributed by atoms with Crippen LogP contribution in [0, 0.1) is 13.8 Å². The van der Waals surface area contributed by atoms with Crippen molar-refractivity contribution in [2.75, 3.05) is 37.4 Å². The second-order valence-corrected chi connectivity index (χ2v) is 6.81. The maximum Gasteiger partial charge on any atom is 0.240 e. The van der Waals surface area contributed by atoms with Crippen LogP contribution in [0.3, 0.4) is 0 Å². The average Bonchev–Trinajstić information content (AvgIpc) is 2.36. The smallest absolute Gasteiger partial charge is 0.240 e. The molecule has 0 atom stereocenters. The number of ether oxygens (including phenoxy) is 1. The monoisotopic (exact) mass is 314 g/mol. The number of benzene rings is 1. The molecule has 0 aliphatic heterocycles. The minimum absolute atomic E-state index is 0.244. The standard InChI is InChI=1S/C14H22N2O4S/c1-11-5-6-13(12(2)9-11)16(21(4,18)19)10-14(17)15-7-8-20-3/h5-6,9H,7-8,10H2,1-4H3,(H,15,17). The fourth-order valence-electron chi connectivity index (χ4n) is 1.95. The van der Waals surface area contributed by atoms with Gasteiger partial charge in [0.15, 0.2) is 0 Å². The van der Waals surface area contributed by atoms with Crippen molar-refractivity contribution in [3.8, 4) is 0 Å². The average molecular weight is 314 g/mol. The van der Waals surface area contributed by atoms with E-state index in [9.17, 15) is 13.2 Å². The van der Waals surface area contributed by atoms with Crippen LogP contribution in [0.4, 0.5) is 5.69 Å². The van der Waals surface area contributed by atoms with Gasteiger partial charge in [-0.2, -0.15) is 0 Å². The van der Waals surface area contributed by atoms with Crippen LogP contribution in [0.25, 0.3) is 0 Å². The Morgan fingerprint density at radius 1 is 1.33 bits per heavy atom. The first-order valence-electron chi connectivity index (χ1n) is 6.56. The lowest BCUT2D eigenvalue weighted by molar-refractivity contribution is -0.119. The van der Waals surface area contributed by atoms with E-state index in [4.69, 9.17) is 4.74 Å². The van der Waals surface area contributed by atoms with Gasteiger partial charge in [-0.15, -0.1) is 0 Å². The Morgan fingerprint density at radius 3 is 2.52 bits per heavy atom. The number of carbonyl (C=O) groups excluding carboxylic acids is 1. The van der Waals surface area contributed by atoms with E-state index in [1.165, 1.54) is 7.11 Å². The summed E-state index contributed by atoms with van der Waals surface area (Å²) < 4.78 is 29.9. The number of nitrogens with zero attached hydrogens (tertiary/aromatic N) is 1. The second-order valence-electron chi connectivity index (χ2n) is 4.90. The molecule has 0 bridgehead atoms. The lowest BCUT2D eigenvalue weighted by Crippen LogP contribution is -2.41. The Hall–Kier alpha value is -1.60. The van der Waals surface area contributed by atoms with Gasteiger partial charge in [0.05, 0.1) is 18.6 Å². The summed E-state index contributed by atoms with van der Waals surface area (Å²) in [7, 11) is -2.01. The van der Waals surface area contributed by atoms with Crippen molar-refractivity contribution in [2.45, 2.75) is 13.8 Å². The zero-order chi connectivity index (χ0) is 16.0. The molecule has 1 aromatic rings. The molecular formula is C14H22N2O4S. The van der Waals surface area contributed by atoms with Crippen molar-refractivity contribution >= 4 is 21.6 Å². The molecule has 1 aromatic carbocycles. The van der Waals surface area contributed by atoms with Crippen LogP contribution in [-0.4, -0.2) is 47.4 Å². The van der Waals surface area contributed by atoms with Crippen molar-refractivity contribution in [1.82, 2.24) is 5.32 Å². The van der Waals surface area contributed by atoms with E-state index in [1.54, 1.807) is 6.07 Å². The van der Waals surface area contributed by atoms with Gasteiger partial charge in [0.2, 0.25) is 15.9 Å². The number of hydrogen-bond donors (Lipinski definition) is 1. The highest BCUT2D eigenvalue weighted by atomic mass is 32.2. The van der Waals surface area contributed by atoms with Gasteiger partial charge in [0.25, 0.3) is 0 Å². The van der Waals surface area contributed by atoms with Crippen LogP contribution >= 0.6 is 0 Å². The number of nitrogens with one attached hydrogen (secondary N) is 1. The molecule has 1 N–H and O–H groups in total. The van der Waals surface area contributed by atoms with Gasteiger partial charge in [0.1, 0.15) is 6.54 Å². The van der Waals surface area contributed by atoms with E-state index in [2.05, 4.69) is 5.32 Å². The van der Waals surface area contributed by atoms with Crippen LogP contribution < -0.4 is 9.62 Å². The molecule has 0 unspecified atom stereocenters. The van der Waals surface area contributed by atoms with Gasteiger partial charge < -0.3 is 10.1 Å². The molecule has 0 radical (unpaired) electrons. The number of sulfonamides is 1. The Balaban J connectivity index is 2.95. The molecule has 0 aromatic heterocycles. The minimum atomic E-state index is -3.54. The molecule has 0 aliphatic rings. The van der Waals surface area contributed by atoms with E-state index in [1.807, 2.05) is 26.0 Å². The van der Waals surface area contributed by atoms with Gasteiger partial charge in [-0.1, -0.05) is 17.7 Å². The third-order valence-corrected chi connectivity index (χ3v) is 4.06. The van der Waals surface area contributed by atoms with Crippen LogP contribution in [-0.2, 0) is 19.6 Å². The second kappa shape index (κ2) is 7.42. The van der Waals surface area contributed by atoms with Gasteiger partial charge in [-0.25, -0.2) is 8.42 Å². The number of amides is 1. The Bertz CT molecular complexity index is 599. The molecule has 0 fully saturated rings. The molecular weight excluding hydrogens is 292 g/mol. The first-order chi connectivity index (χ1) is 9.75. The lowest BCUT2D eigenvalue weighted by Gasteiger charge is -2.23. The highest BCUT2D eigenvalue weighted by molar-refractivity contribution is 7.92. The molecule has 0 spiro atoms. The topological polar surface area (TPSA) is 75.7 Å². The molecule has 0 heterocycles. The fraction of sp³-hybridized carbons (Fsp3) is 0.500. The number of carbonyl (C=O) groups is 1. The van der Waals surface area contributed by atoms with E-state index in [-0.39, 0.29) is 12.5 Å². The highest BCUT2D eigenvalue weighted by Crippen LogP contribution is 2.23. The van der Waals surface area contributed by atoms with E-state index >= 15 is 0 Å². The van der Waals surface area contributed by atoms with Gasteiger partial charge in [-0.05, 0) is 25.5 Å². The molecule has 1 amide bonds. The Kier molecular flexibility index (Phi) is 6.17. The Morgan fingerprint density at radius 2 is 2.00 bits per heavy atom. The summed E-state index contributed by atoms with van der Waals surface area (Å²) >= 11 is 0. The lowest BCUT2D eigenvalue weighted by atomic mass is 10.1. The van der Waals surface area contributed by atoms with Gasteiger partial charge in [0, 0.05) is 13.7 Å². The highest BCUT2D eigenvalue weighted by Gasteiger charge is 2.22. The van der Waals surface area contributed by atoms with Crippen LogP contribution in [0.5, 0.6) is 0 Å². The summed E-state index contributed by atoms with van der Waals surface area (Å²) in [4.78, 5) is 11.9. The molecule has 0 saturated heterocycles. The quantitative estimate of drug-likeness (QED) is 0.757. The number of rotatable bonds is 7. The molecule has 1 rings (SSSR count). The largest absolute Gasteiger partial charge is 0.383 e. The van der Waals surface area contributed by atoms with Crippen LogP contribution in [0.15, 0.2) is 18.2 Å². The summed E-state index contributed by atoms with van der Waals surface area (Å²) in [5, 5.41) is 2.62. The van der Waals surface area contributed by atoms with Crippen molar-refractivity contribution in [3.05, 3.63) is 29.3 Å². The third kappa shape index (κ3) is 5.35. The molecule has 6 nitrogen and oxygen atoms in total. The number of anilines is 1. The summed E-state index contributed by atoms with van der Waals surface area (Å²) in [5.41, 5.74) is 2.37. The molecule has 0 aliphatic carbocycles. The number of methoxy groups -OCH3 is 1. The molecule has 7 heteroatoms. The predicted molar refractivity (Wildman–Crippen MR) is 83.0 cm³/mol. The summed E-state index contributed by atoms with van der Waals surface area (Å²) in [5.74, 6) is -0.363. The first kappa shape index (κ1) is 17.5. The maximum absolute atomic E-state index is 12.0. The summed E-state index contributed by atoms with van der Waals surface area (Å²) in [6.07, 6.45) is 1.09. The van der Waals surface area contributed by atoms with E-state index < -0.39 is 10.0 Å². The zero-order valence-electron chi connectivity index (χ0n) is 12.8.